The molecule has 10 heteroatoms. The fourth-order valence-electron chi connectivity index (χ4n) is 5.17. The molecule has 1 fully saturated rings. The first kappa shape index (κ1) is 29.5. The largest absolute Gasteiger partial charge is 0.479 e. The van der Waals surface area contributed by atoms with E-state index in [9.17, 15) is 9.90 Å². The summed E-state index contributed by atoms with van der Waals surface area (Å²) in [6.45, 7) is 6.41. The highest BCUT2D eigenvalue weighted by molar-refractivity contribution is 5.95. The molecule has 1 aliphatic rings. The maximum absolute atomic E-state index is 12.8. The molecule has 0 spiro atoms. The third-order valence-electron chi connectivity index (χ3n) is 7.41. The van der Waals surface area contributed by atoms with E-state index in [1.807, 2.05) is 32.0 Å². The van der Waals surface area contributed by atoms with Crippen LogP contribution in [0.1, 0.15) is 62.1 Å². The molecule has 6 N–H and O–H groups in total. The van der Waals surface area contributed by atoms with Crippen molar-refractivity contribution in [3.05, 3.63) is 77.6 Å². The number of aliphatic imine (C=N–C) groups is 1. The SMILES string of the molecule is CCC(Nc1ccc(C(=N)N)cc1)(C(=O)O)c1cc(C)cc(N=C2CCCCCN2CCCNc2ncccn2)c1. The molecule has 2 aromatic carbocycles. The van der Waals surface area contributed by atoms with Crippen molar-refractivity contribution < 1.29 is 9.90 Å². The molecule has 10 nitrogen and oxygen atoms in total. The number of nitrogens with two attached hydrogens (primary N) is 1. The number of aryl methyl sites for hydroxylation is 1. The molecule has 216 valence electrons. The Morgan fingerprint density at radius 2 is 1.90 bits per heavy atom. The van der Waals surface area contributed by atoms with Crippen LogP contribution in [0.2, 0.25) is 0 Å². The van der Waals surface area contributed by atoms with Crippen molar-refractivity contribution in [3.63, 3.8) is 0 Å². The number of nitrogens with zero attached hydrogens (tertiary/aromatic N) is 4. The summed E-state index contributed by atoms with van der Waals surface area (Å²) >= 11 is 0. The molecule has 0 bridgehead atoms. The maximum Gasteiger partial charge on any atom is 0.334 e. The van der Waals surface area contributed by atoms with Crippen LogP contribution in [-0.2, 0) is 10.3 Å². The molecule has 1 aliphatic heterocycles. The molecular formula is C31H40N8O2. The van der Waals surface area contributed by atoms with E-state index in [1.165, 1.54) is 0 Å². The van der Waals surface area contributed by atoms with Crippen molar-refractivity contribution >= 4 is 35.0 Å². The summed E-state index contributed by atoms with van der Waals surface area (Å²) < 4.78 is 0. The lowest BCUT2D eigenvalue weighted by atomic mass is 9.85. The van der Waals surface area contributed by atoms with Crippen molar-refractivity contribution in [1.29, 1.82) is 5.41 Å². The Hall–Kier alpha value is -4.47. The summed E-state index contributed by atoms with van der Waals surface area (Å²) in [5, 5.41) is 24.7. The minimum atomic E-state index is -1.35. The number of nitrogen functional groups attached to an aromatic ring is 1. The van der Waals surface area contributed by atoms with E-state index in [1.54, 1.807) is 42.7 Å². The third-order valence-corrected chi connectivity index (χ3v) is 7.41. The van der Waals surface area contributed by atoms with Crippen LogP contribution < -0.4 is 16.4 Å². The monoisotopic (exact) mass is 556 g/mol. The van der Waals surface area contributed by atoms with Gasteiger partial charge in [-0.15, -0.1) is 0 Å². The number of carboxylic acid groups (broad SMARTS) is 1. The van der Waals surface area contributed by atoms with Gasteiger partial charge < -0.3 is 26.4 Å². The minimum Gasteiger partial charge on any atom is -0.479 e. The van der Waals surface area contributed by atoms with Crippen LogP contribution in [-0.4, -0.2) is 57.2 Å². The van der Waals surface area contributed by atoms with Gasteiger partial charge in [0.2, 0.25) is 5.95 Å². The van der Waals surface area contributed by atoms with E-state index in [4.69, 9.17) is 16.1 Å². The number of benzene rings is 2. The van der Waals surface area contributed by atoms with Crippen LogP contribution in [0.5, 0.6) is 0 Å². The van der Waals surface area contributed by atoms with Gasteiger partial charge in [0, 0.05) is 49.7 Å². The van der Waals surface area contributed by atoms with Crippen LogP contribution in [0.4, 0.5) is 17.3 Å². The van der Waals surface area contributed by atoms with Crippen LogP contribution >= 0.6 is 0 Å². The zero-order chi connectivity index (χ0) is 29.2. The molecule has 2 heterocycles. The van der Waals surface area contributed by atoms with Crippen LogP contribution in [0.25, 0.3) is 0 Å². The quantitative estimate of drug-likeness (QED) is 0.115. The van der Waals surface area contributed by atoms with Gasteiger partial charge >= 0.3 is 5.97 Å². The molecule has 41 heavy (non-hydrogen) atoms. The van der Waals surface area contributed by atoms with Gasteiger partial charge in [0.15, 0.2) is 5.54 Å². The zero-order valence-corrected chi connectivity index (χ0v) is 23.9. The Labute approximate surface area is 241 Å². The van der Waals surface area contributed by atoms with Gasteiger partial charge in [-0.05, 0) is 86.2 Å². The number of carboxylic acids is 1. The Kier molecular flexibility index (Phi) is 9.89. The van der Waals surface area contributed by atoms with Crippen molar-refractivity contribution in [2.45, 2.75) is 57.9 Å². The Morgan fingerprint density at radius 1 is 1.15 bits per heavy atom. The number of carbonyl (C=O) groups is 1. The van der Waals surface area contributed by atoms with Crippen molar-refractivity contribution in [1.82, 2.24) is 14.9 Å². The van der Waals surface area contributed by atoms with Gasteiger partial charge in [-0.25, -0.2) is 19.8 Å². The first-order valence-corrected chi connectivity index (χ1v) is 14.2. The molecule has 1 atom stereocenters. The molecule has 1 unspecified atom stereocenters. The number of rotatable bonds is 12. The van der Waals surface area contributed by atoms with E-state index in [0.29, 0.717) is 29.2 Å². The first-order valence-electron chi connectivity index (χ1n) is 14.2. The fraction of sp³-hybridized carbons (Fsp3) is 0.387. The summed E-state index contributed by atoms with van der Waals surface area (Å²) in [5.74, 6) is 0.671. The molecule has 0 aliphatic carbocycles. The zero-order valence-electron chi connectivity index (χ0n) is 23.9. The van der Waals surface area contributed by atoms with Gasteiger partial charge in [-0.2, -0.15) is 0 Å². The van der Waals surface area contributed by atoms with Gasteiger partial charge in [0.25, 0.3) is 0 Å². The molecule has 1 saturated heterocycles. The van der Waals surface area contributed by atoms with Gasteiger partial charge in [-0.1, -0.05) is 19.4 Å². The fourth-order valence-corrected chi connectivity index (χ4v) is 5.17. The molecule has 0 amide bonds. The molecule has 1 aromatic heterocycles. The van der Waals surface area contributed by atoms with Gasteiger partial charge in [-0.3, -0.25) is 5.41 Å². The second-order valence-electron chi connectivity index (χ2n) is 10.4. The van der Waals surface area contributed by atoms with E-state index in [-0.39, 0.29) is 5.84 Å². The Bertz CT molecular complexity index is 1360. The normalized spacial score (nSPS) is 16.0. The van der Waals surface area contributed by atoms with Crippen molar-refractivity contribution in [2.75, 3.05) is 30.3 Å². The number of nitrogens with one attached hydrogen (secondary N) is 3. The Morgan fingerprint density at radius 3 is 2.59 bits per heavy atom. The predicted molar refractivity (Wildman–Crippen MR) is 164 cm³/mol. The summed E-state index contributed by atoms with van der Waals surface area (Å²) in [6, 6.07) is 14.6. The lowest BCUT2D eigenvalue weighted by Crippen LogP contribution is -2.43. The third kappa shape index (κ3) is 7.59. The second kappa shape index (κ2) is 13.7. The van der Waals surface area contributed by atoms with E-state index in [0.717, 1.165) is 68.8 Å². The number of hydrogen-bond acceptors (Lipinski definition) is 7. The highest BCUT2D eigenvalue weighted by Gasteiger charge is 2.39. The summed E-state index contributed by atoms with van der Waals surface area (Å²) in [4.78, 5) is 28.7. The average Bonchev–Trinajstić information content (AvgIpc) is 3.19. The predicted octanol–water partition coefficient (Wildman–Crippen LogP) is 5.28. The maximum atomic E-state index is 12.8. The van der Waals surface area contributed by atoms with Crippen LogP contribution in [0, 0.1) is 12.3 Å². The molecular weight excluding hydrogens is 516 g/mol. The van der Waals surface area contributed by atoms with Crippen molar-refractivity contribution in [3.8, 4) is 0 Å². The van der Waals surface area contributed by atoms with E-state index >= 15 is 0 Å². The number of anilines is 2. The Balaban J connectivity index is 1.57. The van der Waals surface area contributed by atoms with E-state index in [2.05, 4.69) is 25.5 Å². The van der Waals surface area contributed by atoms with Gasteiger partial charge in [0.1, 0.15) is 11.7 Å². The lowest BCUT2D eigenvalue weighted by Gasteiger charge is -2.32. The molecule has 4 rings (SSSR count). The minimum absolute atomic E-state index is 0.0343. The average molecular weight is 557 g/mol. The highest BCUT2D eigenvalue weighted by Crippen LogP contribution is 2.34. The number of hydrogen-bond donors (Lipinski definition) is 5. The van der Waals surface area contributed by atoms with Crippen LogP contribution in [0.3, 0.4) is 0 Å². The number of aromatic nitrogens is 2. The van der Waals surface area contributed by atoms with Crippen LogP contribution in [0.15, 0.2) is 65.9 Å². The van der Waals surface area contributed by atoms with Gasteiger partial charge in [0.05, 0.1) is 5.69 Å². The van der Waals surface area contributed by atoms with E-state index < -0.39 is 11.5 Å². The molecule has 0 radical (unpaired) electrons. The first-order chi connectivity index (χ1) is 19.8. The standard InChI is InChI=1S/C31H40N8O2/c1-3-31(29(40)41,38-25-12-10-23(11-13-25)28(32)33)24-19-22(2)20-26(21-24)37-27-9-5-4-6-17-39(27)18-8-16-36-30-34-14-7-15-35-30/h7,10-15,19-21,38H,3-6,8-9,16-18H2,1-2H3,(H3,32,33)(H,40,41)(H,34,35,36). The second-order valence-corrected chi connectivity index (χ2v) is 10.4. The summed E-state index contributed by atoms with van der Waals surface area (Å²) in [5.41, 5.74) is 7.80. The lowest BCUT2D eigenvalue weighted by molar-refractivity contribution is -0.142. The summed E-state index contributed by atoms with van der Waals surface area (Å²) in [7, 11) is 0. The molecule has 0 saturated carbocycles. The smallest absolute Gasteiger partial charge is 0.334 e. The van der Waals surface area contributed by atoms with Crippen molar-refractivity contribution in [2.24, 2.45) is 10.7 Å². The summed E-state index contributed by atoms with van der Waals surface area (Å²) in [6.07, 6.45) is 8.94. The number of amidine groups is 2. The highest BCUT2D eigenvalue weighted by atomic mass is 16.4. The molecule has 3 aromatic rings. The number of aliphatic carboxylic acids is 1. The number of likely N-dealkylation sites (tertiary alicyclic amines) is 1. The topological polar surface area (TPSA) is 153 Å².